The zero-order valence-corrected chi connectivity index (χ0v) is 11.9. The molecule has 1 aliphatic carbocycles. The zero-order chi connectivity index (χ0) is 13.4. The van der Waals surface area contributed by atoms with Gasteiger partial charge in [-0.3, -0.25) is 0 Å². The van der Waals surface area contributed by atoms with Crippen molar-refractivity contribution >= 4 is 6.29 Å². The summed E-state index contributed by atoms with van der Waals surface area (Å²) in [6.07, 6.45) is 14.6. The van der Waals surface area contributed by atoms with Crippen LogP contribution in [-0.2, 0) is 9.53 Å². The SMILES string of the molecule is COC1(C(C=O)CCCCC(C)C)C=CCC=C1. The van der Waals surface area contributed by atoms with Crippen LogP contribution in [0.5, 0.6) is 0 Å². The van der Waals surface area contributed by atoms with E-state index in [2.05, 4.69) is 26.0 Å². The summed E-state index contributed by atoms with van der Waals surface area (Å²) in [7, 11) is 1.69. The molecule has 0 bridgehead atoms. The number of carbonyl (C=O) groups excluding carboxylic acids is 1. The Morgan fingerprint density at radius 3 is 2.33 bits per heavy atom. The maximum Gasteiger partial charge on any atom is 0.126 e. The van der Waals surface area contributed by atoms with Crippen molar-refractivity contribution in [3.05, 3.63) is 24.3 Å². The highest BCUT2D eigenvalue weighted by Crippen LogP contribution is 2.31. The lowest BCUT2D eigenvalue weighted by Crippen LogP contribution is -2.38. The van der Waals surface area contributed by atoms with Gasteiger partial charge in [0.25, 0.3) is 0 Å². The fourth-order valence-electron chi connectivity index (χ4n) is 2.49. The number of unbranched alkanes of at least 4 members (excludes halogenated alkanes) is 1. The molecule has 0 fully saturated rings. The molecule has 0 spiro atoms. The van der Waals surface area contributed by atoms with Gasteiger partial charge in [-0.25, -0.2) is 0 Å². The molecule has 0 amide bonds. The van der Waals surface area contributed by atoms with E-state index in [1.807, 2.05) is 12.2 Å². The standard InChI is InChI=1S/C16H26O2/c1-14(2)9-5-6-10-15(13-17)16(18-3)11-7-4-8-12-16/h7-8,11-15H,4-6,9-10H2,1-3H3. The van der Waals surface area contributed by atoms with E-state index in [9.17, 15) is 4.79 Å². The molecule has 0 aromatic rings. The minimum absolute atomic E-state index is 0.0672. The Morgan fingerprint density at radius 2 is 1.83 bits per heavy atom. The first-order valence-electron chi connectivity index (χ1n) is 7.00. The number of aldehydes is 1. The predicted octanol–water partition coefficient (Wildman–Crippen LogP) is 3.92. The summed E-state index contributed by atoms with van der Waals surface area (Å²) in [4.78, 5) is 11.3. The maximum atomic E-state index is 11.3. The summed E-state index contributed by atoms with van der Waals surface area (Å²) in [6, 6.07) is 0. The molecule has 0 radical (unpaired) electrons. The first-order valence-corrected chi connectivity index (χ1v) is 7.00. The van der Waals surface area contributed by atoms with Gasteiger partial charge < -0.3 is 9.53 Å². The van der Waals surface area contributed by atoms with Crippen LogP contribution in [0, 0.1) is 11.8 Å². The number of hydrogen-bond acceptors (Lipinski definition) is 2. The second-order valence-corrected chi connectivity index (χ2v) is 5.52. The van der Waals surface area contributed by atoms with E-state index >= 15 is 0 Å². The van der Waals surface area contributed by atoms with Crippen LogP contribution >= 0.6 is 0 Å². The molecular weight excluding hydrogens is 224 g/mol. The number of rotatable bonds is 8. The molecule has 18 heavy (non-hydrogen) atoms. The van der Waals surface area contributed by atoms with Crippen LogP contribution in [0.3, 0.4) is 0 Å². The third-order valence-corrected chi connectivity index (χ3v) is 3.67. The van der Waals surface area contributed by atoms with Crippen molar-refractivity contribution in [1.29, 1.82) is 0 Å². The molecule has 0 saturated heterocycles. The van der Waals surface area contributed by atoms with Crippen molar-refractivity contribution in [2.24, 2.45) is 11.8 Å². The minimum atomic E-state index is -0.502. The highest BCUT2D eigenvalue weighted by Gasteiger charge is 2.34. The van der Waals surface area contributed by atoms with Crippen LogP contribution in [-0.4, -0.2) is 19.0 Å². The van der Waals surface area contributed by atoms with Crippen molar-refractivity contribution in [2.45, 2.75) is 51.6 Å². The Balaban J connectivity index is 2.53. The van der Waals surface area contributed by atoms with Crippen LogP contribution < -0.4 is 0 Å². The van der Waals surface area contributed by atoms with E-state index in [0.29, 0.717) is 0 Å². The van der Waals surface area contributed by atoms with Crippen LogP contribution in [0.1, 0.15) is 46.0 Å². The molecule has 2 nitrogen and oxygen atoms in total. The Kier molecular flexibility index (Phi) is 6.34. The molecule has 1 rings (SSSR count). The van der Waals surface area contributed by atoms with Crippen LogP contribution in [0.15, 0.2) is 24.3 Å². The molecule has 2 heteroatoms. The normalized spacial score (nSPS) is 19.1. The van der Waals surface area contributed by atoms with E-state index in [4.69, 9.17) is 4.74 Å². The van der Waals surface area contributed by atoms with E-state index in [1.54, 1.807) is 7.11 Å². The predicted molar refractivity (Wildman–Crippen MR) is 75.5 cm³/mol. The topological polar surface area (TPSA) is 26.3 Å². The monoisotopic (exact) mass is 250 g/mol. The molecule has 0 saturated carbocycles. The van der Waals surface area contributed by atoms with Gasteiger partial charge in [0, 0.05) is 7.11 Å². The average molecular weight is 250 g/mol. The van der Waals surface area contributed by atoms with Crippen LogP contribution in [0.4, 0.5) is 0 Å². The molecule has 102 valence electrons. The number of methoxy groups -OCH3 is 1. The van der Waals surface area contributed by atoms with Gasteiger partial charge in [-0.1, -0.05) is 57.4 Å². The number of carbonyl (C=O) groups is 1. The van der Waals surface area contributed by atoms with Gasteiger partial charge in [0.05, 0.1) is 5.92 Å². The van der Waals surface area contributed by atoms with Gasteiger partial charge in [0.1, 0.15) is 11.9 Å². The number of ether oxygens (including phenoxy) is 1. The van der Waals surface area contributed by atoms with Crippen molar-refractivity contribution in [3.63, 3.8) is 0 Å². The second kappa shape index (κ2) is 7.52. The Labute approximate surface area is 111 Å². The van der Waals surface area contributed by atoms with E-state index in [0.717, 1.165) is 31.5 Å². The Hall–Kier alpha value is -0.890. The van der Waals surface area contributed by atoms with Crippen molar-refractivity contribution in [1.82, 2.24) is 0 Å². The summed E-state index contributed by atoms with van der Waals surface area (Å²) in [5.41, 5.74) is -0.502. The Morgan fingerprint density at radius 1 is 1.22 bits per heavy atom. The van der Waals surface area contributed by atoms with Crippen molar-refractivity contribution in [2.75, 3.05) is 7.11 Å². The lowest BCUT2D eigenvalue weighted by atomic mass is 9.81. The fourth-order valence-corrected chi connectivity index (χ4v) is 2.49. The van der Waals surface area contributed by atoms with Gasteiger partial charge in [0.15, 0.2) is 0 Å². The highest BCUT2D eigenvalue weighted by molar-refractivity contribution is 5.58. The van der Waals surface area contributed by atoms with Crippen molar-refractivity contribution in [3.8, 4) is 0 Å². The van der Waals surface area contributed by atoms with E-state index in [1.165, 1.54) is 12.8 Å². The Bertz CT molecular complexity index is 290. The smallest absolute Gasteiger partial charge is 0.126 e. The third-order valence-electron chi connectivity index (χ3n) is 3.67. The van der Waals surface area contributed by atoms with Gasteiger partial charge >= 0.3 is 0 Å². The summed E-state index contributed by atoms with van der Waals surface area (Å²) < 4.78 is 5.61. The molecule has 0 heterocycles. The molecule has 0 N–H and O–H groups in total. The van der Waals surface area contributed by atoms with E-state index < -0.39 is 5.60 Å². The van der Waals surface area contributed by atoms with E-state index in [-0.39, 0.29) is 5.92 Å². The lowest BCUT2D eigenvalue weighted by molar-refractivity contribution is -0.117. The molecule has 0 aromatic carbocycles. The second-order valence-electron chi connectivity index (χ2n) is 5.52. The summed E-state index contributed by atoms with van der Waals surface area (Å²) in [6.45, 7) is 4.47. The highest BCUT2D eigenvalue weighted by atomic mass is 16.5. The summed E-state index contributed by atoms with van der Waals surface area (Å²) >= 11 is 0. The minimum Gasteiger partial charge on any atom is -0.369 e. The molecule has 1 unspecified atom stereocenters. The van der Waals surface area contributed by atoms with Gasteiger partial charge in [-0.2, -0.15) is 0 Å². The number of allylic oxidation sites excluding steroid dienone is 2. The first-order chi connectivity index (χ1) is 8.64. The maximum absolute atomic E-state index is 11.3. The zero-order valence-electron chi connectivity index (χ0n) is 11.9. The summed E-state index contributed by atoms with van der Waals surface area (Å²) in [5.74, 6) is 0.674. The fraction of sp³-hybridized carbons (Fsp3) is 0.688. The summed E-state index contributed by atoms with van der Waals surface area (Å²) in [5, 5.41) is 0. The average Bonchev–Trinajstić information content (AvgIpc) is 2.39. The molecule has 0 aliphatic heterocycles. The van der Waals surface area contributed by atoms with Gasteiger partial charge in [-0.05, 0) is 18.8 Å². The third kappa shape index (κ3) is 4.09. The molecule has 0 aromatic heterocycles. The largest absolute Gasteiger partial charge is 0.369 e. The van der Waals surface area contributed by atoms with Crippen molar-refractivity contribution < 1.29 is 9.53 Å². The first kappa shape index (κ1) is 15.2. The molecule has 1 aliphatic rings. The number of hydrogen-bond donors (Lipinski definition) is 0. The van der Waals surface area contributed by atoms with Crippen LogP contribution in [0.2, 0.25) is 0 Å². The lowest BCUT2D eigenvalue weighted by Gasteiger charge is -2.33. The molecular formula is C16H26O2. The van der Waals surface area contributed by atoms with Gasteiger partial charge in [0.2, 0.25) is 0 Å². The van der Waals surface area contributed by atoms with Crippen LogP contribution in [0.25, 0.3) is 0 Å². The van der Waals surface area contributed by atoms with Gasteiger partial charge in [-0.15, -0.1) is 0 Å². The quantitative estimate of drug-likeness (QED) is 0.371. The molecule has 1 atom stereocenters.